The fourth-order valence-electron chi connectivity index (χ4n) is 7.27. The molecule has 0 aromatic heterocycles. The molecule has 0 aromatic carbocycles. The highest BCUT2D eigenvalue weighted by molar-refractivity contribution is 5.97. The molecule has 0 aliphatic heterocycles. The van der Waals surface area contributed by atoms with Crippen molar-refractivity contribution < 1.29 is 38.4 Å². The number of Topliss-reactive ketones (excluding diaryl/α,β-unsaturated/α-hetero) is 3. The van der Waals surface area contributed by atoms with E-state index in [2.05, 4.69) is 69.0 Å². The number of amides is 5. The third-order valence-corrected chi connectivity index (χ3v) is 11.7. The minimum Gasteiger partial charge on any atom is -0.356 e. The quantitative estimate of drug-likeness (QED) is 0.0561. The van der Waals surface area contributed by atoms with Gasteiger partial charge in [-0.1, -0.05) is 48.0 Å². The van der Waals surface area contributed by atoms with Crippen molar-refractivity contribution in [2.45, 2.75) is 125 Å². The van der Waals surface area contributed by atoms with Crippen molar-refractivity contribution >= 4 is 46.9 Å². The maximum absolute atomic E-state index is 14.3. The van der Waals surface area contributed by atoms with Crippen LogP contribution in [0.5, 0.6) is 0 Å². The Labute approximate surface area is 405 Å². The van der Waals surface area contributed by atoms with Crippen LogP contribution in [0.1, 0.15) is 125 Å². The number of carbonyl (C=O) groups excluding carboxylic acids is 8. The van der Waals surface area contributed by atoms with Gasteiger partial charge < -0.3 is 46.2 Å². The molecule has 0 radical (unpaired) electrons. The van der Waals surface area contributed by atoms with Crippen LogP contribution in [0.15, 0.2) is 0 Å². The van der Waals surface area contributed by atoms with E-state index in [-0.39, 0.29) is 62.7 Å². The predicted octanol–water partition coefficient (Wildman–Crippen LogP) is 3.15. The minimum atomic E-state index is -1.16. The van der Waals surface area contributed by atoms with Crippen LogP contribution in [0.2, 0.25) is 0 Å². The summed E-state index contributed by atoms with van der Waals surface area (Å²) in [7, 11) is 11.8. The van der Waals surface area contributed by atoms with Crippen molar-refractivity contribution in [1.82, 2.24) is 46.2 Å². The van der Waals surface area contributed by atoms with Gasteiger partial charge in [0.25, 0.3) is 0 Å². The molecule has 0 saturated heterocycles. The van der Waals surface area contributed by atoms with Crippen LogP contribution < -0.4 is 26.6 Å². The second kappa shape index (κ2) is 37.1. The summed E-state index contributed by atoms with van der Waals surface area (Å²) in [5.74, 6) is -6.31. The van der Waals surface area contributed by atoms with Crippen molar-refractivity contribution in [3.05, 3.63) is 0 Å². The van der Waals surface area contributed by atoms with E-state index in [1.807, 2.05) is 54.1 Å². The Balaban J connectivity index is 6.42. The number of carbonyl (C=O) groups is 8. The molecular formula is C50H95N9O8. The molecule has 5 amide bonds. The average Bonchev–Trinajstić information content (AvgIpc) is 3.24. The Hall–Kier alpha value is -3.80. The van der Waals surface area contributed by atoms with Gasteiger partial charge in [0.1, 0.15) is 17.3 Å². The van der Waals surface area contributed by atoms with Gasteiger partial charge in [0, 0.05) is 129 Å². The summed E-state index contributed by atoms with van der Waals surface area (Å²) in [5.41, 5.74) is 0. The average molecular weight is 950 g/mol. The van der Waals surface area contributed by atoms with Crippen molar-refractivity contribution in [2.24, 2.45) is 35.5 Å². The number of ketones is 3. The molecule has 0 fully saturated rings. The van der Waals surface area contributed by atoms with Crippen molar-refractivity contribution in [3.8, 4) is 0 Å². The van der Waals surface area contributed by atoms with Crippen LogP contribution in [0.25, 0.3) is 0 Å². The monoisotopic (exact) mass is 950 g/mol. The van der Waals surface area contributed by atoms with Gasteiger partial charge in [-0.05, 0) is 86.2 Å². The summed E-state index contributed by atoms with van der Waals surface area (Å²) in [5, 5.41) is 14.4. The standard InChI is InChI=1S/C50H95N9O8/c1-13-14-19-54-50(67)42(36-47(64)52-22-24-58(11)28-26-56(7)8)33-44(61)32-41(49(66)55-23-25-59(12)29-27-57(9)10)34-45(62)40(35-46(63)51-20-15-17-37(2)3)31-43(60)30-39(6)48(65)53-21-16-18-38(4)5/h37-42H,13-36H2,1-12H3,(H,51,63)(H,52,64)(H,53,65)(H,54,67)(H,55,66). The zero-order valence-corrected chi connectivity index (χ0v) is 44.0. The lowest BCUT2D eigenvalue weighted by molar-refractivity contribution is -0.137. The molecule has 0 bridgehead atoms. The van der Waals surface area contributed by atoms with E-state index < -0.39 is 59.4 Å². The summed E-state index contributed by atoms with van der Waals surface area (Å²) in [6.07, 6.45) is 2.89. The molecule has 4 atom stereocenters. The Morgan fingerprint density at radius 3 is 1.28 bits per heavy atom. The molecule has 0 aliphatic carbocycles. The lowest BCUT2D eigenvalue weighted by Crippen LogP contribution is -2.41. The van der Waals surface area contributed by atoms with E-state index in [0.717, 1.165) is 64.7 Å². The second-order valence-corrected chi connectivity index (χ2v) is 20.2. The molecular weight excluding hydrogens is 855 g/mol. The number of nitrogens with zero attached hydrogens (tertiary/aromatic N) is 4. The molecule has 0 heterocycles. The largest absolute Gasteiger partial charge is 0.356 e. The van der Waals surface area contributed by atoms with E-state index in [0.29, 0.717) is 51.1 Å². The molecule has 17 heteroatoms. The van der Waals surface area contributed by atoms with E-state index in [9.17, 15) is 38.4 Å². The van der Waals surface area contributed by atoms with Gasteiger partial charge in [0.2, 0.25) is 29.5 Å². The van der Waals surface area contributed by atoms with Crippen LogP contribution >= 0.6 is 0 Å². The Bertz CT molecular complexity index is 1470. The van der Waals surface area contributed by atoms with Crippen LogP contribution in [-0.4, -0.2) is 181 Å². The molecule has 17 nitrogen and oxygen atoms in total. The number of unbranched alkanes of at least 4 members (excludes halogenated alkanes) is 1. The fraction of sp³-hybridized carbons (Fsp3) is 0.840. The summed E-state index contributed by atoms with van der Waals surface area (Å²) in [4.78, 5) is 117. The molecule has 0 aromatic rings. The first-order valence-corrected chi connectivity index (χ1v) is 25.1. The minimum absolute atomic E-state index is 0.123. The third-order valence-electron chi connectivity index (χ3n) is 11.7. The number of hydrogen-bond acceptors (Lipinski definition) is 12. The second-order valence-electron chi connectivity index (χ2n) is 20.2. The molecule has 67 heavy (non-hydrogen) atoms. The molecule has 0 spiro atoms. The first-order chi connectivity index (χ1) is 31.5. The summed E-state index contributed by atoms with van der Waals surface area (Å²) in [6.45, 7) is 18.3. The Morgan fingerprint density at radius 1 is 0.403 bits per heavy atom. The predicted molar refractivity (Wildman–Crippen MR) is 267 cm³/mol. The van der Waals surface area contributed by atoms with Gasteiger partial charge in [0.15, 0.2) is 0 Å². The Kier molecular flexibility index (Phi) is 35.0. The smallest absolute Gasteiger partial charge is 0.224 e. The van der Waals surface area contributed by atoms with Crippen LogP contribution in [0, 0.1) is 35.5 Å². The zero-order chi connectivity index (χ0) is 50.9. The zero-order valence-electron chi connectivity index (χ0n) is 44.0. The number of hydrogen-bond donors (Lipinski definition) is 5. The summed E-state index contributed by atoms with van der Waals surface area (Å²) in [6, 6.07) is 0. The van der Waals surface area contributed by atoms with Gasteiger partial charge in [-0.25, -0.2) is 0 Å². The normalized spacial score (nSPS) is 13.5. The van der Waals surface area contributed by atoms with Gasteiger partial charge in [-0.2, -0.15) is 0 Å². The number of nitrogens with one attached hydrogen (secondary N) is 5. The van der Waals surface area contributed by atoms with Crippen molar-refractivity contribution in [2.75, 3.05) is 114 Å². The SMILES string of the molecule is CCCCNC(=O)C(CC(=O)CC(CC(=O)C(CC(=O)CC(C)C(=O)NCCCC(C)C)CC(=O)NCCCC(C)C)C(=O)NCCN(C)CCN(C)C)CC(=O)NCCN(C)CCN(C)C. The van der Waals surface area contributed by atoms with Crippen LogP contribution in [0.3, 0.4) is 0 Å². The molecule has 0 rings (SSSR count). The maximum Gasteiger partial charge on any atom is 0.224 e. The van der Waals surface area contributed by atoms with E-state index in [4.69, 9.17) is 0 Å². The molecule has 4 unspecified atom stereocenters. The van der Waals surface area contributed by atoms with Crippen LogP contribution in [-0.2, 0) is 38.4 Å². The van der Waals surface area contributed by atoms with Crippen molar-refractivity contribution in [3.63, 3.8) is 0 Å². The van der Waals surface area contributed by atoms with Gasteiger partial charge in [-0.3, -0.25) is 38.4 Å². The number of rotatable bonds is 41. The highest BCUT2D eigenvalue weighted by atomic mass is 16.2. The third kappa shape index (κ3) is 34.2. The fourth-order valence-corrected chi connectivity index (χ4v) is 7.27. The Morgan fingerprint density at radius 2 is 0.791 bits per heavy atom. The lowest BCUT2D eigenvalue weighted by atomic mass is 9.84. The first-order valence-electron chi connectivity index (χ1n) is 25.1. The topological polar surface area (TPSA) is 210 Å². The molecule has 0 aliphatic rings. The summed E-state index contributed by atoms with van der Waals surface area (Å²) < 4.78 is 0. The van der Waals surface area contributed by atoms with Gasteiger partial charge in [-0.15, -0.1) is 0 Å². The molecule has 5 N–H and O–H groups in total. The van der Waals surface area contributed by atoms with Gasteiger partial charge in [0.05, 0.1) is 11.8 Å². The van der Waals surface area contributed by atoms with E-state index in [1.54, 1.807) is 6.92 Å². The van der Waals surface area contributed by atoms with Crippen molar-refractivity contribution in [1.29, 1.82) is 0 Å². The molecule has 388 valence electrons. The highest BCUT2D eigenvalue weighted by Crippen LogP contribution is 2.23. The van der Waals surface area contributed by atoms with Gasteiger partial charge >= 0.3 is 0 Å². The molecule has 0 saturated carbocycles. The van der Waals surface area contributed by atoms with E-state index >= 15 is 0 Å². The lowest BCUT2D eigenvalue weighted by Gasteiger charge is -2.23. The number of likely N-dealkylation sites (N-methyl/N-ethyl adjacent to an activating group) is 4. The maximum atomic E-state index is 14.3. The van der Waals surface area contributed by atoms with Crippen LogP contribution in [0.4, 0.5) is 0 Å². The first kappa shape index (κ1) is 63.2. The summed E-state index contributed by atoms with van der Waals surface area (Å²) >= 11 is 0. The highest BCUT2D eigenvalue weighted by Gasteiger charge is 2.33. The van der Waals surface area contributed by atoms with E-state index in [1.165, 1.54) is 0 Å².